The van der Waals surface area contributed by atoms with E-state index in [1.54, 1.807) is 6.07 Å². The number of rotatable bonds is 3. The number of benzene rings is 2. The van der Waals surface area contributed by atoms with E-state index in [1.165, 1.54) is 12.1 Å². The van der Waals surface area contributed by atoms with E-state index in [2.05, 4.69) is 0 Å². The summed E-state index contributed by atoms with van der Waals surface area (Å²) in [4.78, 5) is 10.1. The predicted molar refractivity (Wildman–Crippen MR) is 72.9 cm³/mol. The van der Waals surface area contributed by atoms with E-state index >= 15 is 0 Å². The van der Waals surface area contributed by atoms with E-state index in [9.17, 15) is 10.1 Å². The number of anilines is 1. The lowest BCUT2D eigenvalue weighted by atomic mass is 10.1. The molecule has 0 bridgehead atoms. The van der Waals surface area contributed by atoms with Crippen LogP contribution in [0.1, 0.15) is 11.1 Å². The highest BCUT2D eigenvalue weighted by atomic mass is 16.6. The SMILES string of the molecule is Nc1cc([N+](=O)[O-])ccc1/C=C\c1ccccc1. The van der Waals surface area contributed by atoms with Gasteiger partial charge in [-0.3, -0.25) is 10.1 Å². The van der Waals surface area contributed by atoms with Gasteiger partial charge in [-0.1, -0.05) is 42.5 Å². The van der Waals surface area contributed by atoms with E-state index in [-0.39, 0.29) is 5.69 Å². The highest BCUT2D eigenvalue weighted by molar-refractivity contribution is 5.76. The van der Waals surface area contributed by atoms with Crippen LogP contribution in [0.25, 0.3) is 12.2 Å². The second-order valence-electron chi connectivity index (χ2n) is 3.81. The van der Waals surface area contributed by atoms with Crippen molar-refractivity contribution in [1.29, 1.82) is 0 Å². The molecule has 2 rings (SSSR count). The highest BCUT2D eigenvalue weighted by Gasteiger charge is 2.06. The second-order valence-corrected chi connectivity index (χ2v) is 3.81. The Balaban J connectivity index is 2.25. The van der Waals surface area contributed by atoms with Crippen molar-refractivity contribution >= 4 is 23.5 Å². The molecule has 0 saturated carbocycles. The smallest absolute Gasteiger partial charge is 0.271 e. The van der Waals surface area contributed by atoms with Gasteiger partial charge in [-0.25, -0.2) is 0 Å². The quantitative estimate of drug-likeness (QED) is 0.387. The van der Waals surface area contributed by atoms with Crippen LogP contribution in [0.5, 0.6) is 0 Å². The molecule has 0 aliphatic rings. The molecule has 0 heterocycles. The Kier molecular flexibility index (Phi) is 3.38. The minimum Gasteiger partial charge on any atom is -0.398 e. The third-order valence-electron chi connectivity index (χ3n) is 2.54. The molecule has 0 aliphatic heterocycles. The standard InChI is InChI=1S/C14H12N2O2/c15-14-10-13(16(17)18)9-8-12(14)7-6-11-4-2-1-3-5-11/h1-10H,15H2/b7-6-. The van der Waals surface area contributed by atoms with Gasteiger partial charge in [0, 0.05) is 17.8 Å². The molecule has 0 aliphatic carbocycles. The Bertz CT molecular complexity index is 592. The first-order chi connectivity index (χ1) is 8.66. The van der Waals surface area contributed by atoms with Gasteiger partial charge in [-0.05, 0) is 17.2 Å². The lowest BCUT2D eigenvalue weighted by Gasteiger charge is -2.00. The van der Waals surface area contributed by atoms with Gasteiger partial charge in [-0.2, -0.15) is 0 Å². The highest BCUT2D eigenvalue weighted by Crippen LogP contribution is 2.21. The van der Waals surface area contributed by atoms with Crippen molar-refractivity contribution in [1.82, 2.24) is 0 Å². The summed E-state index contributed by atoms with van der Waals surface area (Å²) in [6.07, 6.45) is 3.76. The lowest BCUT2D eigenvalue weighted by Crippen LogP contribution is -1.93. The van der Waals surface area contributed by atoms with Crippen LogP contribution in [-0.4, -0.2) is 4.92 Å². The molecule has 4 heteroatoms. The molecule has 0 fully saturated rings. The Morgan fingerprint density at radius 3 is 2.39 bits per heavy atom. The number of nitro benzene ring substituents is 1. The van der Waals surface area contributed by atoms with Gasteiger partial charge in [-0.15, -0.1) is 0 Å². The summed E-state index contributed by atoms with van der Waals surface area (Å²) in [6, 6.07) is 14.2. The maximum absolute atomic E-state index is 10.6. The molecule has 0 saturated heterocycles. The molecular weight excluding hydrogens is 228 g/mol. The van der Waals surface area contributed by atoms with Crippen molar-refractivity contribution in [2.75, 3.05) is 5.73 Å². The van der Waals surface area contributed by atoms with E-state index < -0.39 is 4.92 Å². The van der Waals surface area contributed by atoms with Gasteiger partial charge in [0.15, 0.2) is 0 Å². The Morgan fingerprint density at radius 1 is 1.06 bits per heavy atom. The fourth-order valence-corrected chi connectivity index (χ4v) is 1.58. The average Bonchev–Trinajstić information content (AvgIpc) is 2.38. The van der Waals surface area contributed by atoms with Crippen LogP contribution in [0.3, 0.4) is 0 Å². The number of hydrogen-bond acceptors (Lipinski definition) is 3. The number of nitrogens with zero attached hydrogens (tertiary/aromatic N) is 1. The number of nitro groups is 1. The first-order valence-electron chi connectivity index (χ1n) is 5.44. The molecule has 90 valence electrons. The number of nitrogen functional groups attached to an aromatic ring is 1. The summed E-state index contributed by atoms with van der Waals surface area (Å²) in [6.45, 7) is 0. The number of nitrogens with two attached hydrogens (primary N) is 1. The molecule has 4 nitrogen and oxygen atoms in total. The zero-order valence-corrected chi connectivity index (χ0v) is 9.61. The zero-order valence-electron chi connectivity index (χ0n) is 9.61. The minimum absolute atomic E-state index is 0.00404. The topological polar surface area (TPSA) is 69.2 Å². The first-order valence-corrected chi connectivity index (χ1v) is 5.44. The van der Waals surface area contributed by atoms with E-state index in [0.29, 0.717) is 5.69 Å². The van der Waals surface area contributed by atoms with Crippen LogP contribution >= 0.6 is 0 Å². The van der Waals surface area contributed by atoms with Crippen molar-refractivity contribution in [3.8, 4) is 0 Å². The van der Waals surface area contributed by atoms with Crippen molar-refractivity contribution in [3.05, 3.63) is 69.8 Å². The molecule has 0 spiro atoms. The molecule has 2 aromatic carbocycles. The maximum Gasteiger partial charge on any atom is 0.271 e. The van der Waals surface area contributed by atoms with Crippen molar-refractivity contribution in [3.63, 3.8) is 0 Å². The molecule has 2 N–H and O–H groups in total. The van der Waals surface area contributed by atoms with Crippen LogP contribution < -0.4 is 5.73 Å². The normalized spacial score (nSPS) is 10.7. The third kappa shape index (κ3) is 2.74. The maximum atomic E-state index is 10.6. The fraction of sp³-hybridized carbons (Fsp3) is 0. The average molecular weight is 240 g/mol. The molecule has 2 aromatic rings. The largest absolute Gasteiger partial charge is 0.398 e. The monoisotopic (exact) mass is 240 g/mol. The number of non-ortho nitro benzene ring substituents is 1. The van der Waals surface area contributed by atoms with Crippen molar-refractivity contribution in [2.24, 2.45) is 0 Å². The van der Waals surface area contributed by atoms with Crippen molar-refractivity contribution in [2.45, 2.75) is 0 Å². The van der Waals surface area contributed by atoms with Gasteiger partial charge >= 0.3 is 0 Å². The molecule has 18 heavy (non-hydrogen) atoms. The van der Waals surface area contributed by atoms with Gasteiger partial charge in [0.2, 0.25) is 0 Å². The third-order valence-corrected chi connectivity index (χ3v) is 2.54. The van der Waals surface area contributed by atoms with Crippen LogP contribution in [-0.2, 0) is 0 Å². The van der Waals surface area contributed by atoms with E-state index in [4.69, 9.17) is 5.73 Å². The van der Waals surface area contributed by atoms with Gasteiger partial charge < -0.3 is 5.73 Å². The molecule has 0 unspecified atom stereocenters. The molecular formula is C14H12N2O2. The fourth-order valence-electron chi connectivity index (χ4n) is 1.58. The van der Waals surface area contributed by atoms with Crippen molar-refractivity contribution < 1.29 is 4.92 Å². The minimum atomic E-state index is -0.457. The van der Waals surface area contributed by atoms with Gasteiger partial charge in [0.25, 0.3) is 5.69 Å². The van der Waals surface area contributed by atoms with Crippen LogP contribution in [0.4, 0.5) is 11.4 Å². The zero-order chi connectivity index (χ0) is 13.0. The van der Waals surface area contributed by atoms with Gasteiger partial charge in [0.1, 0.15) is 0 Å². The molecule has 0 radical (unpaired) electrons. The molecule has 0 aromatic heterocycles. The summed E-state index contributed by atoms with van der Waals surface area (Å²) in [5.74, 6) is 0. The summed E-state index contributed by atoms with van der Waals surface area (Å²) < 4.78 is 0. The van der Waals surface area contributed by atoms with E-state index in [1.807, 2.05) is 42.5 Å². The first kappa shape index (κ1) is 11.9. The molecule has 0 atom stereocenters. The van der Waals surface area contributed by atoms with Crippen LogP contribution in [0.15, 0.2) is 48.5 Å². The van der Waals surface area contributed by atoms with Crippen LogP contribution in [0.2, 0.25) is 0 Å². The summed E-state index contributed by atoms with van der Waals surface area (Å²) in [5, 5.41) is 10.6. The Hall–Kier alpha value is -2.62. The summed E-state index contributed by atoms with van der Waals surface area (Å²) in [7, 11) is 0. The summed E-state index contributed by atoms with van der Waals surface area (Å²) >= 11 is 0. The van der Waals surface area contributed by atoms with Crippen LogP contribution in [0, 0.1) is 10.1 Å². The Labute approximate surface area is 105 Å². The second kappa shape index (κ2) is 5.14. The lowest BCUT2D eigenvalue weighted by molar-refractivity contribution is -0.384. The Morgan fingerprint density at radius 2 is 1.78 bits per heavy atom. The predicted octanol–water partition coefficient (Wildman–Crippen LogP) is 3.35. The molecule has 0 amide bonds. The summed E-state index contributed by atoms with van der Waals surface area (Å²) in [5.41, 5.74) is 7.99. The number of hydrogen-bond donors (Lipinski definition) is 1. The van der Waals surface area contributed by atoms with E-state index in [0.717, 1.165) is 11.1 Å². The van der Waals surface area contributed by atoms with Gasteiger partial charge in [0.05, 0.1) is 4.92 Å².